The zero-order valence-electron chi connectivity index (χ0n) is 12.7. The Balaban J connectivity index is 0.00000220. The van der Waals surface area contributed by atoms with Crippen LogP contribution in [0.2, 0.25) is 0 Å². The Hall–Kier alpha value is -1.30. The van der Waals surface area contributed by atoms with Crippen LogP contribution in [0.25, 0.3) is 10.8 Å². The van der Waals surface area contributed by atoms with E-state index in [1.165, 1.54) is 16.3 Å². The van der Waals surface area contributed by atoms with Crippen molar-refractivity contribution in [3.8, 4) is 0 Å². The van der Waals surface area contributed by atoms with Crippen LogP contribution in [0, 0.1) is 5.92 Å². The number of nitrogens with one attached hydrogen (secondary N) is 1. The fourth-order valence-corrected chi connectivity index (χ4v) is 2.17. The molecule has 0 aliphatic heterocycles. The lowest BCUT2D eigenvalue weighted by Crippen LogP contribution is -2.33. The summed E-state index contributed by atoms with van der Waals surface area (Å²) in [5.74, 6) is 1.08. The number of fused-ring (bicyclic) bond motifs is 1. The average molecular weight is 397 g/mol. The lowest BCUT2D eigenvalue weighted by molar-refractivity contribution is 0.661. The highest BCUT2D eigenvalue weighted by Gasteiger charge is 2.00. The largest absolute Gasteiger partial charge is 0.370 e. The van der Waals surface area contributed by atoms with E-state index in [-0.39, 0.29) is 24.0 Å². The van der Waals surface area contributed by atoms with Gasteiger partial charge in [0.05, 0.1) is 0 Å². The van der Waals surface area contributed by atoms with Crippen molar-refractivity contribution < 1.29 is 0 Å². The van der Waals surface area contributed by atoms with Gasteiger partial charge in [0.2, 0.25) is 0 Å². The average Bonchev–Trinajstić information content (AvgIpc) is 2.45. The molecule has 0 fully saturated rings. The van der Waals surface area contributed by atoms with Crippen molar-refractivity contribution in [2.24, 2.45) is 16.6 Å². The van der Waals surface area contributed by atoms with Gasteiger partial charge < -0.3 is 11.1 Å². The van der Waals surface area contributed by atoms with Crippen LogP contribution in [0.1, 0.15) is 19.4 Å². The molecular weight excluding hydrogens is 373 g/mol. The molecule has 0 amide bonds. The normalized spacial score (nSPS) is 11.5. The van der Waals surface area contributed by atoms with Gasteiger partial charge in [-0.1, -0.05) is 56.3 Å². The van der Waals surface area contributed by atoms with Crippen LogP contribution in [0.5, 0.6) is 0 Å². The van der Waals surface area contributed by atoms with Crippen LogP contribution in [0.4, 0.5) is 0 Å². The lowest BCUT2D eigenvalue weighted by Gasteiger charge is -2.09. The first-order chi connectivity index (χ1) is 9.66. The molecule has 4 heteroatoms. The molecule has 114 valence electrons. The molecular formula is C17H24IN3. The molecule has 2 aromatic rings. The quantitative estimate of drug-likeness (QED) is 0.461. The van der Waals surface area contributed by atoms with E-state index in [1.807, 2.05) is 0 Å². The number of rotatable bonds is 5. The molecule has 0 saturated heterocycles. The number of hydrogen-bond donors (Lipinski definition) is 2. The van der Waals surface area contributed by atoms with Crippen molar-refractivity contribution in [2.45, 2.75) is 20.3 Å². The fourth-order valence-electron chi connectivity index (χ4n) is 2.17. The van der Waals surface area contributed by atoms with Gasteiger partial charge in [0.1, 0.15) is 0 Å². The molecule has 0 heterocycles. The number of halogens is 1. The highest BCUT2D eigenvalue weighted by atomic mass is 127. The Morgan fingerprint density at radius 3 is 2.62 bits per heavy atom. The fraction of sp³-hybridized carbons (Fsp3) is 0.353. The Morgan fingerprint density at radius 1 is 1.14 bits per heavy atom. The number of hydrogen-bond acceptors (Lipinski definition) is 1. The Labute approximate surface area is 144 Å². The summed E-state index contributed by atoms with van der Waals surface area (Å²) in [6, 6.07) is 14.9. The number of nitrogens with zero attached hydrogens (tertiary/aromatic N) is 1. The molecule has 0 atom stereocenters. The van der Waals surface area contributed by atoms with E-state index < -0.39 is 0 Å². The van der Waals surface area contributed by atoms with Crippen molar-refractivity contribution in [3.63, 3.8) is 0 Å². The van der Waals surface area contributed by atoms with E-state index in [0.29, 0.717) is 11.9 Å². The van der Waals surface area contributed by atoms with Crippen LogP contribution in [0.15, 0.2) is 47.5 Å². The SMILES string of the molecule is CC(C)CN=C(N)NCCc1cccc2ccccc12.I. The van der Waals surface area contributed by atoms with Crippen LogP contribution in [-0.4, -0.2) is 19.0 Å². The summed E-state index contributed by atoms with van der Waals surface area (Å²) in [5, 5.41) is 5.78. The maximum Gasteiger partial charge on any atom is 0.188 e. The maximum atomic E-state index is 5.84. The van der Waals surface area contributed by atoms with Gasteiger partial charge in [-0.2, -0.15) is 0 Å². The molecule has 0 aliphatic carbocycles. The van der Waals surface area contributed by atoms with E-state index in [4.69, 9.17) is 5.73 Å². The van der Waals surface area contributed by atoms with Crippen molar-refractivity contribution in [2.75, 3.05) is 13.1 Å². The van der Waals surface area contributed by atoms with Crippen molar-refractivity contribution in [3.05, 3.63) is 48.0 Å². The molecule has 3 nitrogen and oxygen atoms in total. The smallest absolute Gasteiger partial charge is 0.188 e. The summed E-state index contributed by atoms with van der Waals surface area (Å²) in [4.78, 5) is 4.30. The molecule has 0 unspecified atom stereocenters. The van der Waals surface area contributed by atoms with E-state index in [2.05, 4.69) is 66.6 Å². The second-order valence-corrected chi connectivity index (χ2v) is 5.43. The Bertz CT molecular complexity index is 588. The molecule has 21 heavy (non-hydrogen) atoms. The molecule has 0 bridgehead atoms. The molecule has 0 aliphatic rings. The topological polar surface area (TPSA) is 50.4 Å². The highest BCUT2D eigenvalue weighted by molar-refractivity contribution is 14.0. The van der Waals surface area contributed by atoms with Crippen LogP contribution < -0.4 is 11.1 Å². The minimum absolute atomic E-state index is 0. The Morgan fingerprint density at radius 2 is 1.86 bits per heavy atom. The van der Waals surface area contributed by atoms with E-state index in [0.717, 1.165) is 19.5 Å². The minimum atomic E-state index is 0. The van der Waals surface area contributed by atoms with Gasteiger partial charge in [0.15, 0.2) is 5.96 Å². The third-order valence-corrected chi connectivity index (χ3v) is 3.21. The first kappa shape index (κ1) is 17.8. The summed E-state index contributed by atoms with van der Waals surface area (Å²) >= 11 is 0. The molecule has 0 aromatic heterocycles. The van der Waals surface area contributed by atoms with Crippen LogP contribution >= 0.6 is 24.0 Å². The molecule has 0 radical (unpaired) electrons. The number of guanidine groups is 1. The van der Waals surface area contributed by atoms with Crippen molar-refractivity contribution in [1.82, 2.24) is 5.32 Å². The molecule has 2 aromatic carbocycles. The van der Waals surface area contributed by atoms with Gasteiger partial charge in [0, 0.05) is 13.1 Å². The van der Waals surface area contributed by atoms with Crippen LogP contribution in [-0.2, 0) is 6.42 Å². The predicted molar refractivity (Wildman–Crippen MR) is 102 cm³/mol. The highest BCUT2D eigenvalue weighted by Crippen LogP contribution is 2.18. The van der Waals surface area contributed by atoms with E-state index >= 15 is 0 Å². The second kappa shape index (κ2) is 8.87. The van der Waals surface area contributed by atoms with E-state index in [9.17, 15) is 0 Å². The number of nitrogens with two attached hydrogens (primary N) is 1. The van der Waals surface area contributed by atoms with Crippen LogP contribution in [0.3, 0.4) is 0 Å². The molecule has 3 N–H and O–H groups in total. The van der Waals surface area contributed by atoms with Gasteiger partial charge in [0.25, 0.3) is 0 Å². The number of aliphatic imine (C=N–C) groups is 1. The van der Waals surface area contributed by atoms with Gasteiger partial charge >= 0.3 is 0 Å². The van der Waals surface area contributed by atoms with E-state index in [1.54, 1.807) is 0 Å². The molecule has 0 saturated carbocycles. The lowest BCUT2D eigenvalue weighted by atomic mass is 10.0. The summed E-state index contributed by atoms with van der Waals surface area (Å²) in [6.45, 7) is 5.84. The molecule has 2 rings (SSSR count). The second-order valence-electron chi connectivity index (χ2n) is 5.43. The predicted octanol–water partition coefficient (Wildman–Crippen LogP) is 3.56. The Kier molecular flexibility index (Phi) is 7.50. The minimum Gasteiger partial charge on any atom is -0.370 e. The summed E-state index contributed by atoms with van der Waals surface area (Å²) in [5.41, 5.74) is 7.18. The summed E-state index contributed by atoms with van der Waals surface area (Å²) < 4.78 is 0. The third kappa shape index (κ3) is 5.53. The zero-order chi connectivity index (χ0) is 14.4. The molecule has 0 spiro atoms. The van der Waals surface area contributed by atoms with Gasteiger partial charge in [-0.15, -0.1) is 24.0 Å². The zero-order valence-corrected chi connectivity index (χ0v) is 15.0. The first-order valence-corrected chi connectivity index (χ1v) is 7.17. The first-order valence-electron chi connectivity index (χ1n) is 7.17. The van der Waals surface area contributed by atoms with Crippen molar-refractivity contribution >= 4 is 40.7 Å². The van der Waals surface area contributed by atoms with Gasteiger partial charge in [-0.05, 0) is 28.7 Å². The summed E-state index contributed by atoms with van der Waals surface area (Å²) in [7, 11) is 0. The summed E-state index contributed by atoms with van der Waals surface area (Å²) in [6.07, 6.45) is 0.944. The number of benzene rings is 2. The van der Waals surface area contributed by atoms with Gasteiger partial charge in [-0.25, -0.2) is 0 Å². The monoisotopic (exact) mass is 397 g/mol. The van der Waals surface area contributed by atoms with Gasteiger partial charge in [-0.3, -0.25) is 4.99 Å². The maximum absolute atomic E-state index is 5.84. The third-order valence-electron chi connectivity index (χ3n) is 3.21. The standard InChI is InChI=1S/C17H23N3.HI/c1-13(2)12-20-17(18)19-11-10-15-8-5-7-14-6-3-4-9-16(14)15;/h3-9,13H,10-12H2,1-2H3,(H3,18,19,20);1H. The van der Waals surface area contributed by atoms with Crippen molar-refractivity contribution in [1.29, 1.82) is 0 Å².